The minimum absolute atomic E-state index is 0.0195. The molecule has 2 rings (SSSR count). The van der Waals surface area contributed by atoms with Gasteiger partial charge in [-0.25, -0.2) is 13.2 Å². The van der Waals surface area contributed by atoms with E-state index in [2.05, 4.69) is 0 Å². The minimum atomic E-state index is -3.00. The van der Waals surface area contributed by atoms with Crippen LogP contribution in [0, 0.1) is 17.5 Å². The van der Waals surface area contributed by atoms with E-state index in [4.69, 9.17) is 13.3 Å². The maximum atomic E-state index is 13.8. The van der Waals surface area contributed by atoms with E-state index in [9.17, 15) is 13.2 Å². The highest BCUT2D eigenvalue weighted by atomic mass is 28.4. The third kappa shape index (κ3) is 3.47. The highest BCUT2D eigenvalue weighted by molar-refractivity contribution is 6.75. The summed E-state index contributed by atoms with van der Waals surface area (Å²) in [5.41, 5.74) is 0.394. The summed E-state index contributed by atoms with van der Waals surface area (Å²) in [7, 11) is -0.0160. The standard InChI is InChI=1S/C16H17F3O3Si/c1-4-22-23(20-2,21-3)12-7-5-11(6-8-12)13-9-15(18)16(19)10-14(13)17/h5-10H,4H2,1-3H3. The van der Waals surface area contributed by atoms with Gasteiger partial charge >= 0.3 is 8.80 Å². The molecule has 0 radical (unpaired) electrons. The molecule has 0 aliphatic rings. The molecule has 3 nitrogen and oxygen atoms in total. The largest absolute Gasteiger partial charge is 0.536 e. The Labute approximate surface area is 134 Å². The Morgan fingerprint density at radius 2 is 1.43 bits per heavy atom. The van der Waals surface area contributed by atoms with Crippen LogP contribution in [0.4, 0.5) is 13.2 Å². The summed E-state index contributed by atoms with van der Waals surface area (Å²) >= 11 is 0. The van der Waals surface area contributed by atoms with Crippen LogP contribution < -0.4 is 5.19 Å². The Morgan fingerprint density at radius 1 is 0.870 bits per heavy atom. The Kier molecular flexibility index (Phi) is 5.58. The molecular formula is C16H17F3O3Si. The molecule has 0 aromatic heterocycles. The minimum Gasteiger partial charge on any atom is -0.373 e. The van der Waals surface area contributed by atoms with Gasteiger partial charge in [-0.2, -0.15) is 0 Å². The number of benzene rings is 2. The zero-order chi connectivity index (χ0) is 17.0. The maximum Gasteiger partial charge on any atom is 0.536 e. The van der Waals surface area contributed by atoms with Crippen molar-refractivity contribution in [1.29, 1.82) is 0 Å². The van der Waals surface area contributed by atoms with Crippen LogP contribution in [0.1, 0.15) is 6.92 Å². The first-order chi connectivity index (χ1) is 11.0. The molecular weight excluding hydrogens is 325 g/mol. The highest BCUT2D eigenvalue weighted by Gasteiger charge is 2.41. The van der Waals surface area contributed by atoms with E-state index in [1.807, 2.05) is 6.92 Å². The van der Waals surface area contributed by atoms with Gasteiger partial charge in [-0.15, -0.1) is 0 Å². The van der Waals surface area contributed by atoms with Crippen molar-refractivity contribution in [2.24, 2.45) is 0 Å². The molecule has 0 atom stereocenters. The molecule has 0 amide bonds. The molecule has 124 valence electrons. The second-order valence-corrected chi connectivity index (χ2v) is 7.52. The van der Waals surface area contributed by atoms with Crippen LogP contribution in [-0.2, 0) is 13.3 Å². The fourth-order valence-corrected chi connectivity index (χ4v) is 4.30. The molecule has 0 saturated heterocycles. The lowest BCUT2D eigenvalue weighted by molar-refractivity contribution is 0.120. The fraction of sp³-hybridized carbons (Fsp3) is 0.250. The zero-order valence-corrected chi connectivity index (χ0v) is 14.0. The van der Waals surface area contributed by atoms with Gasteiger partial charge in [-0.3, -0.25) is 0 Å². The molecule has 0 aliphatic heterocycles. The molecule has 0 saturated carbocycles. The number of hydrogen-bond donors (Lipinski definition) is 0. The molecule has 2 aromatic carbocycles. The van der Waals surface area contributed by atoms with Crippen LogP contribution in [0.2, 0.25) is 0 Å². The van der Waals surface area contributed by atoms with Crippen molar-refractivity contribution in [1.82, 2.24) is 0 Å². The van der Waals surface area contributed by atoms with Gasteiger partial charge in [-0.05, 0) is 18.6 Å². The van der Waals surface area contributed by atoms with Gasteiger partial charge in [0.2, 0.25) is 0 Å². The van der Waals surface area contributed by atoms with Crippen molar-refractivity contribution in [3.63, 3.8) is 0 Å². The number of rotatable bonds is 6. The van der Waals surface area contributed by atoms with Gasteiger partial charge < -0.3 is 13.3 Å². The number of hydrogen-bond acceptors (Lipinski definition) is 3. The first kappa shape index (κ1) is 17.7. The van der Waals surface area contributed by atoms with Crippen LogP contribution in [-0.4, -0.2) is 29.6 Å². The van der Waals surface area contributed by atoms with Crippen LogP contribution in [0.25, 0.3) is 11.1 Å². The molecule has 0 bridgehead atoms. The summed E-state index contributed by atoms with van der Waals surface area (Å²) in [5.74, 6) is -3.15. The van der Waals surface area contributed by atoms with Crippen LogP contribution in [0.15, 0.2) is 36.4 Å². The smallest absolute Gasteiger partial charge is 0.373 e. The quantitative estimate of drug-likeness (QED) is 0.596. The predicted octanol–water partition coefficient (Wildman–Crippen LogP) is 3.25. The Balaban J connectivity index is 2.41. The van der Waals surface area contributed by atoms with E-state index in [0.29, 0.717) is 23.4 Å². The lowest BCUT2D eigenvalue weighted by Gasteiger charge is -2.26. The van der Waals surface area contributed by atoms with Gasteiger partial charge in [0.1, 0.15) is 5.82 Å². The Morgan fingerprint density at radius 3 is 1.96 bits per heavy atom. The van der Waals surface area contributed by atoms with E-state index >= 15 is 0 Å². The maximum absolute atomic E-state index is 13.8. The van der Waals surface area contributed by atoms with Gasteiger partial charge in [0.15, 0.2) is 11.6 Å². The Hall–Kier alpha value is -1.67. The average Bonchev–Trinajstić information content (AvgIpc) is 2.56. The summed E-state index contributed by atoms with van der Waals surface area (Å²) in [4.78, 5) is 0. The lowest BCUT2D eigenvalue weighted by Crippen LogP contribution is -2.55. The van der Waals surface area contributed by atoms with Crippen LogP contribution >= 0.6 is 0 Å². The van der Waals surface area contributed by atoms with E-state index < -0.39 is 26.3 Å². The third-order valence-corrected chi connectivity index (χ3v) is 6.22. The monoisotopic (exact) mass is 342 g/mol. The van der Waals surface area contributed by atoms with E-state index in [-0.39, 0.29) is 5.56 Å². The van der Waals surface area contributed by atoms with Crippen LogP contribution in [0.5, 0.6) is 0 Å². The molecule has 23 heavy (non-hydrogen) atoms. The second-order valence-electron chi connectivity index (χ2n) is 4.72. The van der Waals surface area contributed by atoms with Crippen LogP contribution in [0.3, 0.4) is 0 Å². The summed E-state index contributed by atoms with van der Waals surface area (Å²) in [5, 5.41) is 0.691. The Bertz CT molecular complexity index is 673. The van der Waals surface area contributed by atoms with E-state index in [1.54, 1.807) is 24.3 Å². The summed E-state index contributed by atoms with van der Waals surface area (Å²) in [6.07, 6.45) is 0. The second kappa shape index (κ2) is 7.27. The molecule has 0 unspecified atom stereocenters. The molecule has 7 heteroatoms. The van der Waals surface area contributed by atoms with Crippen molar-refractivity contribution < 1.29 is 26.4 Å². The molecule has 0 spiro atoms. The summed E-state index contributed by atoms with van der Waals surface area (Å²) in [6, 6.07) is 7.88. The van der Waals surface area contributed by atoms with Gasteiger partial charge in [0.05, 0.1) is 0 Å². The first-order valence-electron chi connectivity index (χ1n) is 6.97. The van der Waals surface area contributed by atoms with Crippen molar-refractivity contribution in [2.75, 3.05) is 20.8 Å². The molecule has 2 aromatic rings. The van der Waals surface area contributed by atoms with E-state index in [1.165, 1.54) is 14.2 Å². The predicted molar refractivity (Wildman–Crippen MR) is 82.8 cm³/mol. The van der Waals surface area contributed by atoms with Gasteiger partial charge in [-0.1, -0.05) is 24.3 Å². The van der Waals surface area contributed by atoms with Crippen molar-refractivity contribution in [3.05, 3.63) is 53.8 Å². The fourth-order valence-electron chi connectivity index (χ4n) is 2.31. The summed E-state index contributed by atoms with van der Waals surface area (Å²) in [6.45, 7) is 2.23. The molecule has 0 N–H and O–H groups in total. The first-order valence-corrected chi connectivity index (χ1v) is 8.69. The third-order valence-electron chi connectivity index (χ3n) is 3.43. The lowest BCUT2D eigenvalue weighted by atomic mass is 10.1. The molecule has 0 fully saturated rings. The van der Waals surface area contributed by atoms with Gasteiger partial charge in [0, 0.05) is 37.6 Å². The summed E-state index contributed by atoms with van der Waals surface area (Å²) < 4.78 is 56.7. The van der Waals surface area contributed by atoms with Crippen molar-refractivity contribution >= 4 is 14.0 Å². The molecule has 0 heterocycles. The van der Waals surface area contributed by atoms with Crippen molar-refractivity contribution in [2.45, 2.75) is 6.92 Å². The van der Waals surface area contributed by atoms with Crippen molar-refractivity contribution in [3.8, 4) is 11.1 Å². The molecule has 0 aliphatic carbocycles. The topological polar surface area (TPSA) is 27.7 Å². The normalized spacial score (nSPS) is 11.7. The number of halogens is 3. The SMILES string of the molecule is CCO[Si](OC)(OC)c1ccc(-c2cc(F)c(F)cc2F)cc1. The highest BCUT2D eigenvalue weighted by Crippen LogP contribution is 2.25. The van der Waals surface area contributed by atoms with E-state index in [0.717, 1.165) is 6.07 Å². The zero-order valence-electron chi connectivity index (χ0n) is 13.0. The average molecular weight is 342 g/mol. The van der Waals surface area contributed by atoms with Gasteiger partial charge in [0.25, 0.3) is 0 Å².